The highest BCUT2D eigenvalue weighted by Crippen LogP contribution is 2.24. The van der Waals surface area contributed by atoms with E-state index in [1.165, 1.54) is 0 Å². The standard InChI is InChI=1S/C12H17BrN2O2/c13-11-6-14-3-1-12(11)15-5-10(7-16)9-2-4-17-8-9/h1,3,6,9-10,16H,2,4-5,7-8H2,(H,14,15). The molecule has 0 aromatic carbocycles. The number of ether oxygens (including phenoxy) is 1. The average molecular weight is 301 g/mol. The molecule has 0 saturated carbocycles. The molecule has 1 aromatic rings. The van der Waals surface area contributed by atoms with Crippen LogP contribution < -0.4 is 5.32 Å². The molecule has 2 unspecified atom stereocenters. The van der Waals surface area contributed by atoms with Gasteiger partial charge in [-0.2, -0.15) is 0 Å². The van der Waals surface area contributed by atoms with Crippen LogP contribution in [0, 0.1) is 11.8 Å². The third kappa shape index (κ3) is 3.40. The molecule has 1 aromatic heterocycles. The molecule has 0 aliphatic carbocycles. The van der Waals surface area contributed by atoms with Gasteiger partial charge in [-0.15, -0.1) is 0 Å². The summed E-state index contributed by atoms with van der Waals surface area (Å²) in [6, 6.07) is 1.92. The molecule has 2 rings (SSSR count). The van der Waals surface area contributed by atoms with Crippen LogP contribution in [0.3, 0.4) is 0 Å². The average Bonchev–Trinajstić information content (AvgIpc) is 2.86. The number of hydrogen-bond donors (Lipinski definition) is 2. The Morgan fingerprint density at radius 3 is 3.18 bits per heavy atom. The van der Waals surface area contributed by atoms with Gasteiger partial charge in [0.2, 0.25) is 0 Å². The molecule has 5 heteroatoms. The van der Waals surface area contributed by atoms with Gasteiger partial charge in [0, 0.05) is 44.7 Å². The lowest BCUT2D eigenvalue weighted by atomic mass is 9.92. The van der Waals surface area contributed by atoms with Gasteiger partial charge in [-0.3, -0.25) is 4.98 Å². The number of halogens is 1. The maximum Gasteiger partial charge on any atom is 0.0590 e. The van der Waals surface area contributed by atoms with Gasteiger partial charge in [-0.05, 0) is 34.3 Å². The van der Waals surface area contributed by atoms with Gasteiger partial charge in [0.25, 0.3) is 0 Å². The molecule has 2 heterocycles. The number of nitrogens with zero attached hydrogens (tertiary/aromatic N) is 1. The minimum Gasteiger partial charge on any atom is -0.396 e. The topological polar surface area (TPSA) is 54.4 Å². The molecule has 2 atom stereocenters. The summed E-state index contributed by atoms with van der Waals surface area (Å²) >= 11 is 3.44. The van der Waals surface area contributed by atoms with Crippen molar-refractivity contribution in [3.05, 3.63) is 22.9 Å². The van der Waals surface area contributed by atoms with Crippen molar-refractivity contribution in [3.63, 3.8) is 0 Å². The Bertz CT molecular complexity index is 356. The van der Waals surface area contributed by atoms with Crippen LogP contribution in [0.15, 0.2) is 22.9 Å². The lowest BCUT2D eigenvalue weighted by Gasteiger charge is -2.21. The van der Waals surface area contributed by atoms with Crippen LogP contribution in [0.1, 0.15) is 6.42 Å². The van der Waals surface area contributed by atoms with Crippen molar-refractivity contribution >= 4 is 21.6 Å². The zero-order valence-corrected chi connectivity index (χ0v) is 11.2. The summed E-state index contributed by atoms with van der Waals surface area (Å²) in [5.74, 6) is 0.714. The smallest absolute Gasteiger partial charge is 0.0590 e. The fraction of sp³-hybridized carbons (Fsp3) is 0.583. The van der Waals surface area contributed by atoms with Gasteiger partial charge >= 0.3 is 0 Å². The first-order valence-electron chi connectivity index (χ1n) is 5.83. The van der Waals surface area contributed by atoms with Gasteiger partial charge in [-0.25, -0.2) is 0 Å². The maximum atomic E-state index is 9.41. The first kappa shape index (κ1) is 12.8. The largest absolute Gasteiger partial charge is 0.396 e. The Labute approximate surface area is 110 Å². The van der Waals surface area contributed by atoms with Gasteiger partial charge in [0.05, 0.1) is 10.2 Å². The Hall–Kier alpha value is -0.650. The highest BCUT2D eigenvalue weighted by molar-refractivity contribution is 9.10. The summed E-state index contributed by atoms with van der Waals surface area (Å²) in [5.41, 5.74) is 1.01. The van der Waals surface area contributed by atoms with Crippen molar-refractivity contribution in [3.8, 4) is 0 Å². The molecule has 0 radical (unpaired) electrons. The van der Waals surface area contributed by atoms with Crippen LogP contribution in [0.2, 0.25) is 0 Å². The molecule has 1 fully saturated rings. The van der Waals surface area contributed by atoms with Crippen LogP contribution in [-0.4, -0.2) is 36.5 Å². The summed E-state index contributed by atoms with van der Waals surface area (Å²) in [7, 11) is 0. The fourth-order valence-electron chi connectivity index (χ4n) is 2.06. The molecule has 1 saturated heterocycles. The Balaban J connectivity index is 1.89. The second kappa shape index (κ2) is 6.33. The summed E-state index contributed by atoms with van der Waals surface area (Å²) in [4.78, 5) is 4.01. The summed E-state index contributed by atoms with van der Waals surface area (Å²) in [5, 5.41) is 12.8. The van der Waals surface area contributed by atoms with Gasteiger partial charge in [0.1, 0.15) is 0 Å². The van der Waals surface area contributed by atoms with E-state index in [9.17, 15) is 5.11 Å². The van der Waals surface area contributed by atoms with Crippen LogP contribution in [0.5, 0.6) is 0 Å². The molecular formula is C12H17BrN2O2. The molecule has 17 heavy (non-hydrogen) atoms. The molecule has 4 nitrogen and oxygen atoms in total. The summed E-state index contributed by atoms with van der Waals surface area (Å²) < 4.78 is 6.30. The molecule has 1 aliphatic rings. The zero-order chi connectivity index (χ0) is 12.1. The SMILES string of the molecule is OCC(CNc1ccncc1Br)C1CCOC1. The van der Waals surface area contributed by atoms with Crippen LogP contribution >= 0.6 is 15.9 Å². The van der Waals surface area contributed by atoms with Gasteiger partial charge in [0.15, 0.2) is 0 Å². The van der Waals surface area contributed by atoms with E-state index in [1.54, 1.807) is 12.4 Å². The van der Waals surface area contributed by atoms with Gasteiger partial charge < -0.3 is 15.2 Å². The van der Waals surface area contributed by atoms with E-state index in [1.807, 2.05) is 6.07 Å². The van der Waals surface area contributed by atoms with E-state index >= 15 is 0 Å². The molecule has 0 amide bonds. The first-order chi connectivity index (χ1) is 8.31. The molecular weight excluding hydrogens is 284 g/mol. The Morgan fingerprint density at radius 1 is 1.65 bits per heavy atom. The fourth-order valence-corrected chi connectivity index (χ4v) is 2.45. The lowest BCUT2D eigenvalue weighted by molar-refractivity contribution is 0.145. The molecule has 0 spiro atoms. The number of aliphatic hydroxyl groups is 1. The third-order valence-corrected chi connectivity index (χ3v) is 3.83. The van der Waals surface area contributed by atoms with E-state index in [-0.39, 0.29) is 12.5 Å². The third-order valence-electron chi connectivity index (χ3n) is 3.19. The van der Waals surface area contributed by atoms with Crippen molar-refractivity contribution in [2.45, 2.75) is 6.42 Å². The number of hydrogen-bond acceptors (Lipinski definition) is 4. The molecule has 1 aliphatic heterocycles. The number of aliphatic hydroxyl groups excluding tert-OH is 1. The predicted molar refractivity (Wildman–Crippen MR) is 69.9 cm³/mol. The van der Waals surface area contributed by atoms with Crippen molar-refractivity contribution in [2.24, 2.45) is 11.8 Å². The quantitative estimate of drug-likeness (QED) is 0.872. The number of nitrogens with one attached hydrogen (secondary N) is 1. The number of pyridine rings is 1. The Morgan fingerprint density at radius 2 is 2.53 bits per heavy atom. The van der Waals surface area contributed by atoms with E-state index < -0.39 is 0 Å². The van der Waals surface area contributed by atoms with Crippen molar-refractivity contribution < 1.29 is 9.84 Å². The van der Waals surface area contributed by atoms with Crippen LogP contribution in [-0.2, 0) is 4.74 Å². The normalized spacial score (nSPS) is 21.4. The Kier molecular flexibility index (Phi) is 4.76. The molecule has 2 N–H and O–H groups in total. The maximum absolute atomic E-state index is 9.41. The van der Waals surface area contributed by atoms with Crippen LogP contribution in [0.25, 0.3) is 0 Å². The minimum atomic E-state index is 0.198. The highest BCUT2D eigenvalue weighted by Gasteiger charge is 2.25. The lowest BCUT2D eigenvalue weighted by Crippen LogP contribution is -2.26. The number of anilines is 1. The second-order valence-electron chi connectivity index (χ2n) is 4.30. The van der Waals surface area contributed by atoms with E-state index in [4.69, 9.17) is 4.74 Å². The van der Waals surface area contributed by atoms with Gasteiger partial charge in [-0.1, -0.05) is 0 Å². The van der Waals surface area contributed by atoms with Crippen molar-refractivity contribution in [1.82, 2.24) is 4.98 Å². The zero-order valence-electron chi connectivity index (χ0n) is 9.60. The number of rotatable bonds is 5. The van der Waals surface area contributed by atoms with E-state index in [0.717, 1.165) is 36.3 Å². The predicted octanol–water partition coefficient (Wildman–Crippen LogP) is 1.90. The van der Waals surface area contributed by atoms with Crippen LogP contribution in [0.4, 0.5) is 5.69 Å². The minimum absolute atomic E-state index is 0.198. The monoisotopic (exact) mass is 300 g/mol. The van der Waals surface area contributed by atoms with E-state index in [0.29, 0.717) is 5.92 Å². The molecule has 0 bridgehead atoms. The second-order valence-corrected chi connectivity index (χ2v) is 5.16. The summed E-state index contributed by atoms with van der Waals surface area (Å²) in [6.45, 7) is 2.54. The molecule has 94 valence electrons. The van der Waals surface area contributed by atoms with Crippen molar-refractivity contribution in [2.75, 3.05) is 31.7 Å². The van der Waals surface area contributed by atoms with Crippen molar-refractivity contribution in [1.29, 1.82) is 0 Å². The number of aromatic nitrogens is 1. The first-order valence-corrected chi connectivity index (χ1v) is 6.62. The summed E-state index contributed by atoms with van der Waals surface area (Å²) in [6.07, 6.45) is 4.55. The van der Waals surface area contributed by atoms with E-state index in [2.05, 4.69) is 26.2 Å². The highest BCUT2D eigenvalue weighted by atomic mass is 79.9.